The van der Waals surface area contributed by atoms with E-state index in [1.807, 2.05) is 42.5 Å². The molecule has 3 N–H and O–H groups in total. The quantitative estimate of drug-likeness (QED) is 0.493. The summed E-state index contributed by atoms with van der Waals surface area (Å²) in [5, 5.41) is 9.14. The van der Waals surface area contributed by atoms with Crippen LogP contribution in [0.1, 0.15) is 34.3 Å². The summed E-state index contributed by atoms with van der Waals surface area (Å²) in [5.74, 6) is -0.0217. The van der Waals surface area contributed by atoms with Crippen LogP contribution < -0.4 is 20.7 Å². The van der Waals surface area contributed by atoms with Crippen molar-refractivity contribution in [3.8, 4) is 5.75 Å². The summed E-state index contributed by atoms with van der Waals surface area (Å²) in [6.45, 7) is 6.58. The summed E-state index contributed by atoms with van der Waals surface area (Å²) in [5.41, 5.74) is 3.40. The maximum Gasteiger partial charge on any atom is 0.255 e. The molecule has 2 aromatic rings. The van der Waals surface area contributed by atoms with Crippen LogP contribution in [0, 0.1) is 0 Å². The molecule has 1 unspecified atom stereocenters. The average Bonchev–Trinajstić information content (AvgIpc) is 3.19. The summed E-state index contributed by atoms with van der Waals surface area (Å²) in [4.78, 5) is 40.8. The van der Waals surface area contributed by atoms with Gasteiger partial charge in [0.05, 0.1) is 5.69 Å². The van der Waals surface area contributed by atoms with Crippen LogP contribution in [0.4, 0.5) is 5.69 Å². The molecule has 3 amide bonds. The van der Waals surface area contributed by atoms with Gasteiger partial charge in [0.1, 0.15) is 18.4 Å². The summed E-state index contributed by atoms with van der Waals surface area (Å²) in [7, 11) is 0. The second-order valence-corrected chi connectivity index (χ2v) is 9.18. The van der Waals surface area contributed by atoms with E-state index in [-0.39, 0.29) is 18.2 Å². The van der Waals surface area contributed by atoms with Gasteiger partial charge in [-0.25, -0.2) is 0 Å². The molecule has 2 saturated heterocycles. The third-order valence-electron chi connectivity index (χ3n) is 6.84. The van der Waals surface area contributed by atoms with Crippen LogP contribution in [-0.2, 0) is 22.7 Å². The van der Waals surface area contributed by atoms with E-state index < -0.39 is 11.9 Å². The number of piperazine rings is 1. The number of imide groups is 1. The lowest BCUT2D eigenvalue weighted by atomic mass is 10.0. The number of hydrogen-bond acceptors (Lipinski definition) is 7. The molecule has 0 radical (unpaired) electrons. The number of amides is 3. The number of piperidine rings is 1. The van der Waals surface area contributed by atoms with Crippen molar-refractivity contribution in [2.45, 2.75) is 32.0 Å². The molecule has 9 nitrogen and oxygen atoms in total. The van der Waals surface area contributed by atoms with E-state index >= 15 is 0 Å². The average molecular weight is 478 g/mol. The fraction of sp³-hybridized carbons (Fsp3) is 0.423. The fourth-order valence-electron chi connectivity index (χ4n) is 4.87. The van der Waals surface area contributed by atoms with Crippen LogP contribution in [0.3, 0.4) is 0 Å². The molecule has 3 aliphatic rings. The molecule has 0 aromatic heterocycles. The zero-order valence-corrected chi connectivity index (χ0v) is 19.7. The fourth-order valence-corrected chi connectivity index (χ4v) is 4.87. The Morgan fingerprint density at radius 1 is 1.06 bits per heavy atom. The van der Waals surface area contributed by atoms with Crippen LogP contribution >= 0.6 is 0 Å². The maximum absolute atomic E-state index is 13.1. The second kappa shape index (κ2) is 10.5. The summed E-state index contributed by atoms with van der Waals surface area (Å²) < 4.78 is 6.07. The first-order valence-electron chi connectivity index (χ1n) is 12.2. The third kappa shape index (κ3) is 5.31. The van der Waals surface area contributed by atoms with Gasteiger partial charge < -0.3 is 20.3 Å². The van der Waals surface area contributed by atoms with Gasteiger partial charge in [-0.15, -0.1) is 0 Å². The second-order valence-electron chi connectivity index (χ2n) is 9.18. The number of ether oxygens (including phenoxy) is 1. The van der Waals surface area contributed by atoms with Crippen molar-refractivity contribution in [3.05, 3.63) is 59.2 Å². The van der Waals surface area contributed by atoms with E-state index in [0.29, 0.717) is 31.7 Å². The van der Waals surface area contributed by atoms with Gasteiger partial charge >= 0.3 is 0 Å². The molecular weight excluding hydrogens is 446 g/mol. The summed E-state index contributed by atoms with van der Waals surface area (Å²) in [6, 6.07) is 13.1. The molecule has 184 valence electrons. The van der Waals surface area contributed by atoms with Crippen molar-refractivity contribution in [1.82, 2.24) is 20.4 Å². The Bertz CT molecular complexity index is 1110. The number of rotatable bonds is 8. The van der Waals surface area contributed by atoms with Gasteiger partial charge in [0.25, 0.3) is 5.91 Å². The molecule has 0 bridgehead atoms. The molecule has 9 heteroatoms. The highest BCUT2D eigenvalue weighted by atomic mass is 16.5. The number of anilines is 1. The lowest BCUT2D eigenvalue weighted by Gasteiger charge is -2.29. The smallest absolute Gasteiger partial charge is 0.255 e. The third-order valence-corrected chi connectivity index (χ3v) is 6.84. The lowest BCUT2D eigenvalue weighted by molar-refractivity contribution is -0.136. The Morgan fingerprint density at radius 2 is 1.89 bits per heavy atom. The van der Waals surface area contributed by atoms with Crippen molar-refractivity contribution < 1.29 is 19.1 Å². The Balaban J connectivity index is 1.19. The van der Waals surface area contributed by atoms with Crippen LogP contribution in [0.2, 0.25) is 0 Å². The zero-order chi connectivity index (χ0) is 24.2. The van der Waals surface area contributed by atoms with Crippen LogP contribution in [-0.4, -0.2) is 72.9 Å². The van der Waals surface area contributed by atoms with E-state index in [4.69, 9.17) is 4.74 Å². The van der Waals surface area contributed by atoms with E-state index in [1.54, 1.807) is 4.90 Å². The van der Waals surface area contributed by atoms with E-state index in [0.717, 1.165) is 55.3 Å². The Hall–Kier alpha value is -3.43. The number of fused-ring (bicyclic) bond motifs is 1. The minimum absolute atomic E-state index is 0.159. The van der Waals surface area contributed by atoms with Gasteiger partial charge in [0, 0.05) is 57.8 Å². The molecule has 35 heavy (non-hydrogen) atoms. The molecule has 3 heterocycles. The van der Waals surface area contributed by atoms with Gasteiger partial charge in [-0.2, -0.15) is 0 Å². The topological polar surface area (TPSA) is 103 Å². The summed E-state index contributed by atoms with van der Waals surface area (Å²) >= 11 is 0. The van der Waals surface area contributed by atoms with Crippen molar-refractivity contribution in [2.75, 3.05) is 44.6 Å². The minimum atomic E-state index is -0.598. The number of para-hydroxylation sites is 2. The number of nitrogens with one attached hydrogen (secondary N) is 3. The predicted octanol–water partition coefficient (Wildman–Crippen LogP) is 1.34. The monoisotopic (exact) mass is 477 g/mol. The Kier molecular flexibility index (Phi) is 6.96. The van der Waals surface area contributed by atoms with E-state index in [9.17, 15) is 14.4 Å². The number of carbonyl (C=O) groups is 3. The highest BCUT2D eigenvalue weighted by Crippen LogP contribution is 2.29. The largest absolute Gasteiger partial charge is 0.490 e. The van der Waals surface area contributed by atoms with Gasteiger partial charge in [-0.3, -0.25) is 24.6 Å². The number of carbonyl (C=O) groups excluding carboxylic acids is 3. The van der Waals surface area contributed by atoms with Gasteiger partial charge in [-0.1, -0.05) is 24.3 Å². The van der Waals surface area contributed by atoms with Crippen molar-refractivity contribution in [1.29, 1.82) is 0 Å². The van der Waals surface area contributed by atoms with Gasteiger partial charge in [0.15, 0.2) is 0 Å². The number of nitrogens with zero attached hydrogens (tertiary/aromatic N) is 2. The normalized spacial score (nSPS) is 20.5. The lowest BCUT2D eigenvalue weighted by Crippen LogP contribution is -2.52. The van der Waals surface area contributed by atoms with Crippen LogP contribution in [0.25, 0.3) is 0 Å². The van der Waals surface area contributed by atoms with Crippen molar-refractivity contribution in [3.63, 3.8) is 0 Å². The van der Waals surface area contributed by atoms with Crippen LogP contribution in [0.5, 0.6) is 5.75 Å². The minimum Gasteiger partial charge on any atom is -0.490 e. The van der Waals surface area contributed by atoms with Crippen molar-refractivity contribution >= 4 is 23.4 Å². The standard InChI is InChI=1S/C26H31N5O4/c32-24-8-7-22(25(33)29-24)31-17-19-6-5-18(15-20(19)26(31)34)16-28-21-3-1-2-4-23(21)35-14-13-30-11-9-27-10-12-30/h1-6,15,22,27-28H,7-14,16-17H2,(H,29,32,33). The van der Waals surface area contributed by atoms with E-state index in [1.165, 1.54) is 0 Å². The number of benzene rings is 2. The van der Waals surface area contributed by atoms with Crippen molar-refractivity contribution in [2.24, 2.45) is 0 Å². The molecule has 3 aliphatic heterocycles. The molecule has 0 spiro atoms. The van der Waals surface area contributed by atoms with Gasteiger partial charge in [-0.05, 0) is 35.7 Å². The number of hydrogen-bond donors (Lipinski definition) is 3. The highest BCUT2D eigenvalue weighted by molar-refractivity contribution is 6.05. The van der Waals surface area contributed by atoms with Gasteiger partial charge in [0.2, 0.25) is 11.8 Å². The highest BCUT2D eigenvalue weighted by Gasteiger charge is 2.39. The first kappa shape index (κ1) is 23.3. The van der Waals surface area contributed by atoms with Crippen LogP contribution in [0.15, 0.2) is 42.5 Å². The first-order chi connectivity index (χ1) is 17.1. The Labute approximate surface area is 204 Å². The molecule has 2 fully saturated rings. The SMILES string of the molecule is O=C1CCC(N2Cc3ccc(CNc4ccccc4OCCN4CCNCC4)cc3C2=O)C(=O)N1. The first-order valence-corrected chi connectivity index (χ1v) is 12.2. The maximum atomic E-state index is 13.1. The molecule has 5 rings (SSSR count). The molecule has 0 aliphatic carbocycles. The molecule has 1 atom stereocenters. The molecule has 0 saturated carbocycles. The predicted molar refractivity (Wildman–Crippen MR) is 131 cm³/mol. The molecule has 2 aromatic carbocycles. The Morgan fingerprint density at radius 3 is 2.71 bits per heavy atom. The zero-order valence-electron chi connectivity index (χ0n) is 19.7. The molecular formula is C26H31N5O4. The van der Waals surface area contributed by atoms with E-state index in [2.05, 4.69) is 20.9 Å². The summed E-state index contributed by atoms with van der Waals surface area (Å²) in [6.07, 6.45) is 0.618.